The molecule has 0 spiro atoms. The summed E-state index contributed by atoms with van der Waals surface area (Å²) in [6, 6.07) is 10.8. The maximum atomic E-state index is 12.0. The molecule has 1 aromatic carbocycles. The molecular formula is C17H27N3O. The number of rotatable bonds is 7. The highest BCUT2D eigenvalue weighted by Gasteiger charge is 2.28. The van der Waals surface area contributed by atoms with Crippen molar-refractivity contribution in [2.45, 2.75) is 32.2 Å². The molecule has 1 saturated heterocycles. The monoisotopic (exact) mass is 289 g/mol. The minimum atomic E-state index is 0.132. The Morgan fingerprint density at radius 3 is 2.81 bits per heavy atom. The van der Waals surface area contributed by atoms with Gasteiger partial charge in [-0.05, 0) is 44.2 Å². The van der Waals surface area contributed by atoms with Gasteiger partial charge in [-0.15, -0.1) is 0 Å². The van der Waals surface area contributed by atoms with Crippen molar-refractivity contribution in [1.29, 1.82) is 0 Å². The van der Waals surface area contributed by atoms with Gasteiger partial charge in [0.2, 0.25) is 5.91 Å². The number of nitrogens with zero attached hydrogens (tertiary/aromatic N) is 1. The molecule has 1 aromatic rings. The van der Waals surface area contributed by atoms with E-state index < -0.39 is 0 Å². The second-order valence-electron chi connectivity index (χ2n) is 6.05. The van der Waals surface area contributed by atoms with E-state index in [0.717, 1.165) is 38.9 Å². The van der Waals surface area contributed by atoms with E-state index in [1.807, 2.05) is 6.07 Å². The van der Waals surface area contributed by atoms with E-state index in [9.17, 15) is 4.79 Å². The second-order valence-corrected chi connectivity index (χ2v) is 6.05. The Morgan fingerprint density at radius 1 is 1.38 bits per heavy atom. The van der Waals surface area contributed by atoms with Crippen molar-refractivity contribution in [2.24, 2.45) is 11.7 Å². The maximum absolute atomic E-state index is 12.0. The number of hydrogen-bond donors (Lipinski definition) is 2. The van der Waals surface area contributed by atoms with Crippen molar-refractivity contribution >= 4 is 5.91 Å². The number of hydrogen-bond acceptors (Lipinski definition) is 3. The first-order valence-corrected chi connectivity index (χ1v) is 7.93. The number of amides is 1. The second kappa shape index (κ2) is 8.15. The fraction of sp³-hybridized carbons (Fsp3) is 0.588. The molecule has 2 rings (SSSR count). The smallest absolute Gasteiger partial charge is 0.234 e. The zero-order valence-electron chi connectivity index (χ0n) is 12.9. The lowest BCUT2D eigenvalue weighted by Gasteiger charge is -2.20. The van der Waals surface area contributed by atoms with Gasteiger partial charge < -0.3 is 11.1 Å². The van der Waals surface area contributed by atoms with Gasteiger partial charge >= 0.3 is 0 Å². The first kappa shape index (κ1) is 16.0. The Hall–Kier alpha value is -1.39. The van der Waals surface area contributed by atoms with Crippen LogP contribution in [0.1, 0.15) is 25.3 Å². The molecule has 116 valence electrons. The van der Waals surface area contributed by atoms with Gasteiger partial charge in [-0.25, -0.2) is 0 Å². The summed E-state index contributed by atoms with van der Waals surface area (Å²) in [7, 11) is 0. The lowest BCUT2D eigenvalue weighted by molar-refractivity contribution is -0.122. The molecule has 0 bridgehead atoms. The molecule has 0 aromatic heterocycles. The van der Waals surface area contributed by atoms with E-state index in [0.29, 0.717) is 18.5 Å². The molecule has 1 aliphatic heterocycles. The number of benzene rings is 1. The summed E-state index contributed by atoms with van der Waals surface area (Å²) >= 11 is 0. The third-order valence-corrected chi connectivity index (χ3v) is 4.28. The van der Waals surface area contributed by atoms with Crippen molar-refractivity contribution in [1.82, 2.24) is 10.2 Å². The highest BCUT2D eigenvalue weighted by atomic mass is 16.2. The van der Waals surface area contributed by atoms with Gasteiger partial charge in [0.15, 0.2) is 0 Å². The van der Waals surface area contributed by atoms with Crippen LogP contribution in [0.3, 0.4) is 0 Å². The van der Waals surface area contributed by atoms with Gasteiger partial charge in [0.1, 0.15) is 0 Å². The number of carbonyl (C=O) groups is 1. The normalized spacial score (nSPS) is 22.4. The van der Waals surface area contributed by atoms with E-state index >= 15 is 0 Å². The largest absolute Gasteiger partial charge is 0.355 e. The van der Waals surface area contributed by atoms with E-state index in [1.165, 1.54) is 5.56 Å². The predicted molar refractivity (Wildman–Crippen MR) is 86.0 cm³/mol. The molecule has 0 radical (unpaired) electrons. The van der Waals surface area contributed by atoms with Crippen molar-refractivity contribution in [3.63, 3.8) is 0 Å². The number of nitrogens with one attached hydrogen (secondary N) is 1. The van der Waals surface area contributed by atoms with Crippen molar-refractivity contribution in [2.75, 3.05) is 26.2 Å². The molecule has 2 unspecified atom stereocenters. The first-order chi connectivity index (χ1) is 10.2. The van der Waals surface area contributed by atoms with Crippen LogP contribution in [0.5, 0.6) is 0 Å². The number of nitrogens with two attached hydrogens (primary N) is 1. The zero-order chi connectivity index (χ0) is 15.1. The molecule has 1 amide bonds. The van der Waals surface area contributed by atoms with Gasteiger partial charge in [0, 0.05) is 19.1 Å². The lowest BCUT2D eigenvalue weighted by Crippen LogP contribution is -2.39. The van der Waals surface area contributed by atoms with Crippen LogP contribution in [-0.2, 0) is 11.2 Å². The molecule has 0 aliphatic carbocycles. The van der Waals surface area contributed by atoms with Crippen LogP contribution in [0.15, 0.2) is 30.3 Å². The van der Waals surface area contributed by atoms with Crippen molar-refractivity contribution < 1.29 is 4.79 Å². The fourth-order valence-corrected chi connectivity index (χ4v) is 3.01. The van der Waals surface area contributed by atoms with Crippen LogP contribution >= 0.6 is 0 Å². The first-order valence-electron chi connectivity index (χ1n) is 7.93. The molecule has 1 heterocycles. The SMILES string of the molecule is CC1CC(CN)CN1CC(=O)NCCCc1ccccc1. The third-order valence-electron chi connectivity index (χ3n) is 4.28. The molecule has 0 saturated carbocycles. The topological polar surface area (TPSA) is 58.4 Å². The third kappa shape index (κ3) is 5.14. The zero-order valence-corrected chi connectivity index (χ0v) is 12.9. The van der Waals surface area contributed by atoms with Crippen molar-refractivity contribution in [3.8, 4) is 0 Å². The number of aryl methyl sites for hydroxylation is 1. The van der Waals surface area contributed by atoms with Crippen LogP contribution in [0.4, 0.5) is 0 Å². The molecule has 3 N–H and O–H groups in total. The molecule has 4 heteroatoms. The van der Waals surface area contributed by atoms with E-state index in [4.69, 9.17) is 5.73 Å². The summed E-state index contributed by atoms with van der Waals surface area (Å²) in [6.45, 7) is 5.10. The molecular weight excluding hydrogens is 262 g/mol. The van der Waals surface area contributed by atoms with Gasteiger partial charge in [0.05, 0.1) is 6.54 Å². The van der Waals surface area contributed by atoms with E-state index in [-0.39, 0.29) is 5.91 Å². The predicted octanol–water partition coefficient (Wildman–Crippen LogP) is 1.40. The Morgan fingerprint density at radius 2 is 2.14 bits per heavy atom. The van der Waals surface area contributed by atoms with Crippen LogP contribution in [-0.4, -0.2) is 43.0 Å². The van der Waals surface area contributed by atoms with Crippen LogP contribution < -0.4 is 11.1 Å². The minimum Gasteiger partial charge on any atom is -0.355 e. The molecule has 4 nitrogen and oxygen atoms in total. The van der Waals surface area contributed by atoms with Crippen LogP contribution in [0, 0.1) is 5.92 Å². The highest BCUT2D eigenvalue weighted by Crippen LogP contribution is 2.21. The summed E-state index contributed by atoms with van der Waals surface area (Å²) in [5.74, 6) is 0.679. The average Bonchev–Trinajstić information content (AvgIpc) is 2.85. The number of carbonyl (C=O) groups excluding carboxylic acids is 1. The summed E-state index contributed by atoms with van der Waals surface area (Å²) in [4.78, 5) is 14.2. The number of likely N-dealkylation sites (tertiary alicyclic amines) is 1. The van der Waals surface area contributed by atoms with Gasteiger partial charge in [-0.1, -0.05) is 30.3 Å². The maximum Gasteiger partial charge on any atom is 0.234 e. The summed E-state index contributed by atoms with van der Waals surface area (Å²) < 4.78 is 0. The highest BCUT2D eigenvalue weighted by molar-refractivity contribution is 5.78. The molecule has 1 fully saturated rings. The Labute approximate surface area is 127 Å². The molecule has 2 atom stereocenters. The fourth-order valence-electron chi connectivity index (χ4n) is 3.01. The minimum absolute atomic E-state index is 0.132. The Balaban J connectivity index is 1.62. The van der Waals surface area contributed by atoms with Crippen molar-refractivity contribution in [3.05, 3.63) is 35.9 Å². The average molecular weight is 289 g/mol. The van der Waals surface area contributed by atoms with Crippen LogP contribution in [0.25, 0.3) is 0 Å². The van der Waals surface area contributed by atoms with Gasteiger partial charge in [-0.3, -0.25) is 9.69 Å². The molecule has 21 heavy (non-hydrogen) atoms. The summed E-state index contributed by atoms with van der Waals surface area (Å²) in [5.41, 5.74) is 7.04. The summed E-state index contributed by atoms with van der Waals surface area (Å²) in [5, 5.41) is 3.02. The Bertz CT molecular complexity index is 435. The lowest BCUT2D eigenvalue weighted by atomic mass is 10.1. The van der Waals surface area contributed by atoms with E-state index in [2.05, 4.69) is 41.4 Å². The standard InChI is InChI=1S/C17H27N3O/c1-14-10-16(11-18)12-20(14)13-17(21)19-9-5-8-15-6-3-2-4-7-15/h2-4,6-7,14,16H,5,8-13,18H2,1H3,(H,19,21). The van der Waals surface area contributed by atoms with Gasteiger partial charge in [-0.2, -0.15) is 0 Å². The quantitative estimate of drug-likeness (QED) is 0.746. The Kier molecular flexibility index (Phi) is 6.21. The van der Waals surface area contributed by atoms with E-state index in [1.54, 1.807) is 0 Å². The van der Waals surface area contributed by atoms with Gasteiger partial charge in [0.25, 0.3) is 0 Å². The summed E-state index contributed by atoms with van der Waals surface area (Å²) in [6.07, 6.45) is 3.10. The molecule has 1 aliphatic rings. The van der Waals surface area contributed by atoms with Crippen LogP contribution in [0.2, 0.25) is 0 Å².